The highest BCUT2D eigenvalue weighted by Gasteiger charge is 2.33. The summed E-state index contributed by atoms with van der Waals surface area (Å²) in [4.78, 5) is 4.69. The Bertz CT molecular complexity index is 980. The van der Waals surface area contributed by atoms with E-state index >= 15 is 0 Å². The minimum Gasteiger partial charge on any atom is -0.481 e. The lowest BCUT2D eigenvalue weighted by molar-refractivity contribution is 0.171. The minimum atomic E-state index is -0.386. The van der Waals surface area contributed by atoms with Gasteiger partial charge in [-0.2, -0.15) is 5.10 Å². The second-order valence-corrected chi connectivity index (χ2v) is 7.50. The highest BCUT2D eigenvalue weighted by molar-refractivity contribution is 5.84. The summed E-state index contributed by atoms with van der Waals surface area (Å²) in [5, 5.41) is 15.0. The van der Waals surface area contributed by atoms with Gasteiger partial charge in [0.25, 0.3) is 0 Å². The number of rotatable bonds is 9. The van der Waals surface area contributed by atoms with E-state index < -0.39 is 0 Å². The van der Waals surface area contributed by atoms with Crippen molar-refractivity contribution in [2.75, 3.05) is 13.7 Å². The molecule has 0 amide bonds. The van der Waals surface area contributed by atoms with Gasteiger partial charge >= 0.3 is 0 Å². The monoisotopic (exact) mass is 399 g/mol. The molecule has 1 unspecified atom stereocenters. The largest absolute Gasteiger partial charge is 0.481 e. The van der Waals surface area contributed by atoms with Crippen LogP contribution in [-0.2, 0) is 12.0 Å². The number of aryl methyl sites for hydroxylation is 1. The van der Waals surface area contributed by atoms with Crippen molar-refractivity contribution in [2.24, 2.45) is 0 Å². The molecule has 0 aliphatic carbocycles. The number of aromatic nitrogens is 3. The predicted octanol–water partition coefficient (Wildman–Crippen LogP) is 5.10. The maximum Gasteiger partial charge on any atom is 0.217 e. The van der Waals surface area contributed by atoms with Crippen LogP contribution in [0.5, 0.6) is 5.88 Å². The van der Waals surface area contributed by atoms with Crippen molar-refractivity contribution in [3.05, 3.63) is 41.8 Å². The van der Waals surface area contributed by atoms with Gasteiger partial charge in [-0.1, -0.05) is 32.8 Å². The molecule has 0 spiro atoms. The molecular weight excluding hydrogens is 369 g/mol. The molecule has 6 heteroatoms. The molecule has 0 bridgehead atoms. The Morgan fingerprint density at radius 2 is 2.00 bits per heavy atom. The second kappa shape index (κ2) is 8.91. The van der Waals surface area contributed by atoms with Gasteiger partial charge in [-0.25, -0.2) is 9.37 Å². The van der Waals surface area contributed by atoms with Gasteiger partial charge in [-0.3, -0.25) is 4.68 Å². The van der Waals surface area contributed by atoms with Gasteiger partial charge in [-0.05, 0) is 38.0 Å². The molecule has 0 radical (unpaired) electrons. The first-order chi connectivity index (χ1) is 14.0. The zero-order chi connectivity index (χ0) is 21.0. The molecule has 156 valence electrons. The van der Waals surface area contributed by atoms with Crippen LogP contribution < -0.4 is 4.74 Å². The van der Waals surface area contributed by atoms with E-state index in [0.717, 1.165) is 36.8 Å². The van der Waals surface area contributed by atoms with Gasteiger partial charge in [0.2, 0.25) is 5.88 Å². The first-order valence-corrected chi connectivity index (χ1v) is 10.3. The highest BCUT2D eigenvalue weighted by atomic mass is 19.1. The molecule has 2 heterocycles. The number of fused-ring (bicyclic) bond motifs is 1. The molecule has 0 saturated heterocycles. The van der Waals surface area contributed by atoms with E-state index in [4.69, 9.17) is 4.74 Å². The smallest absolute Gasteiger partial charge is 0.217 e. The summed E-state index contributed by atoms with van der Waals surface area (Å²) >= 11 is 0. The van der Waals surface area contributed by atoms with Crippen molar-refractivity contribution in [2.45, 2.75) is 58.4 Å². The van der Waals surface area contributed by atoms with E-state index in [9.17, 15) is 9.50 Å². The van der Waals surface area contributed by atoms with E-state index in [1.54, 1.807) is 18.0 Å². The number of ether oxygens (including phenoxy) is 1. The molecular formula is C23H30FN3O2. The lowest BCUT2D eigenvalue weighted by Crippen LogP contribution is -2.30. The standard InChI is InChI=1S/C23H30FN3O2/c1-5-8-11-23(6-2,15-28)18-9-10-20(26-22(18)29-4)16-12-19(24)17-14-25-27(7-3)21(17)13-16/h9-10,12-14,28H,5-8,11,15H2,1-4H3. The summed E-state index contributed by atoms with van der Waals surface area (Å²) in [5.74, 6) is 0.169. The summed E-state index contributed by atoms with van der Waals surface area (Å²) < 4.78 is 22.0. The van der Waals surface area contributed by atoms with E-state index in [1.807, 2.05) is 25.1 Å². The van der Waals surface area contributed by atoms with Crippen LogP contribution in [0.15, 0.2) is 30.5 Å². The second-order valence-electron chi connectivity index (χ2n) is 7.50. The van der Waals surface area contributed by atoms with Crippen LogP contribution in [-0.4, -0.2) is 33.6 Å². The molecule has 2 aromatic heterocycles. The highest BCUT2D eigenvalue weighted by Crippen LogP contribution is 2.39. The Kier molecular flexibility index (Phi) is 6.52. The molecule has 5 nitrogen and oxygen atoms in total. The molecule has 1 atom stereocenters. The molecule has 0 aliphatic rings. The maximum absolute atomic E-state index is 14.6. The lowest BCUT2D eigenvalue weighted by atomic mass is 9.75. The number of pyridine rings is 1. The van der Waals surface area contributed by atoms with E-state index in [1.165, 1.54) is 6.07 Å². The zero-order valence-corrected chi connectivity index (χ0v) is 17.7. The zero-order valence-electron chi connectivity index (χ0n) is 17.7. The van der Waals surface area contributed by atoms with Crippen LogP contribution in [0.1, 0.15) is 52.0 Å². The SMILES string of the molecule is CCCCC(CC)(CO)c1ccc(-c2cc(F)c3cnn(CC)c3c2)nc1OC. The van der Waals surface area contributed by atoms with E-state index in [2.05, 4.69) is 23.9 Å². The van der Waals surface area contributed by atoms with Crippen LogP contribution in [0.4, 0.5) is 4.39 Å². The molecule has 29 heavy (non-hydrogen) atoms. The Hall–Kier alpha value is -2.47. The van der Waals surface area contributed by atoms with Crippen LogP contribution in [0.3, 0.4) is 0 Å². The van der Waals surface area contributed by atoms with Crippen molar-refractivity contribution >= 4 is 10.9 Å². The van der Waals surface area contributed by atoms with Crippen molar-refractivity contribution in [1.29, 1.82) is 0 Å². The summed E-state index contributed by atoms with van der Waals surface area (Å²) in [6.45, 7) is 6.89. The van der Waals surface area contributed by atoms with Gasteiger partial charge in [-0.15, -0.1) is 0 Å². The molecule has 3 aromatic rings. The van der Waals surface area contributed by atoms with Crippen molar-refractivity contribution in [1.82, 2.24) is 14.8 Å². The number of unbranched alkanes of at least 4 members (excludes halogenated alkanes) is 1. The molecule has 0 fully saturated rings. The number of nitrogens with zero attached hydrogens (tertiary/aromatic N) is 3. The van der Waals surface area contributed by atoms with Crippen LogP contribution in [0.25, 0.3) is 22.2 Å². The Morgan fingerprint density at radius 3 is 2.62 bits per heavy atom. The number of methoxy groups -OCH3 is 1. The third-order valence-electron chi connectivity index (χ3n) is 5.92. The Balaban J connectivity index is 2.10. The van der Waals surface area contributed by atoms with Crippen molar-refractivity contribution in [3.63, 3.8) is 0 Å². The van der Waals surface area contributed by atoms with E-state index in [0.29, 0.717) is 29.1 Å². The number of halogens is 1. The Morgan fingerprint density at radius 1 is 1.21 bits per heavy atom. The molecule has 1 aromatic carbocycles. The van der Waals surface area contributed by atoms with E-state index in [-0.39, 0.29) is 17.8 Å². The van der Waals surface area contributed by atoms with Crippen LogP contribution in [0, 0.1) is 5.82 Å². The van der Waals surface area contributed by atoms with Crippen molar-refractivity contribution < 1.29 is 14.2 Å². The molecule has 0 aliphatic heterocycles. The van der Waals surface area contributed by atoms with Gasteiger partial charge in [0.05, 0.1) is 36.5 Å². The number of aliphatic hydroxyl groups is 1. The average molecular weight is 400 g/mol. The summed E-state index contributed by atoms with van der Waals surface area (Å²) in [6, 6.07) is 7.25. The van der Waals surface area contributed by atoms with Gasteiger partial charge in [0, 0.05) is 23.1 Å². The quantitative estimate of drug-likeness (QED) is 0.544. The van der Waals surface area contributed by atoms with Gasteiger partial charge in [0.1, 0.15) is 5.82 Å². The first-order valence-electron chi connectivity index (χ1n) is 10.3. The summed E-state index contributed by atoms with van der Waals surface area (Å²) in [6.07, 6.45) is 5.28. The third kappa shape index (κ3) is 3.86. The minimum absolute atomic E-state index is 0.0388. The Labute approximate surface area is 171 Å². The average Bonchev–Trinajstić information content (AvgIpc) is 3.18. The van der Waals surface area contributed by atoms with Crippen molar-refractivity contribution in [3.8, 4) is 17.1 Å². The topological polar surface area (TPSA) is 60.2 Å². The number of hydrogen-bond donors (Lipinski definition) is 1. The van der Waals surface area contributed by atoms with Gasteiger partial charge in [0.15, 0.2) is 0 Å². The molecule has 1 N–H and O–H groups in total. The van der Waals surface area contributed by atoms with Gasteiger partial charge < -0.3 is 9.84 Å². The number of aliphatic hydroxyl groups excluding tert-OH is 1. The van der Waals surface area contributed by atoms with Crippen LogP contribution >= 0.6 is 0 Å². The number of benzene rings is 1. The molecule has 0 saturated carbocycles. The first kappa shape index (κ1) is 21.2. The molecule has 3 rings (SSSR count). The third-order valence-corrected chi connectivity index (χ3v) is 5.92. The van der Waals surface area contributed by atoms with Crippen LogP contribution in [0.2, 0.25) is 0 Å². The summed E-state index contributed by atoms with van der Waals surface area (Å²) in [7, 11) is 1.59. The fourth-order valence-corrected chi connectivity index (χ4v) is 3.99. The number of hydrogen-bond acceptors (Lipinski definition) is 4. The lowest BCUT2D eigenvalue weighted by Gasteiger charge is -2.32. The summed E-state index contributed by atoms with van der Waals surface area (Å²) in [5.41, 5.74) is 2.57. The predicted molar refractivity (Wildman–Crippen MR) is 114 cm³/mol. The fourth-order valence-electron chi connectivity index (χ4n) is 3.99. The fraction of sp³-hybridized carbons (Fsp3) is 0.478. The maximum atomic E-state index is 14.6. The normalized spacial score (nSPS) is 13.6.